The third-order valence-corrected chi connectivity index (χ3v) is 5.09. The molecule has 0 aliphatic heterocycles. The van der Waals surface area contributed by atoms with Crippen molar-refractivity contribution >= 4 is 10.0 Å². The molecular weight excluding hydrogens is 242 g/mol. The lowest BCUT2D eigenvalue weighted by molar-refractivity contribution is 0.0603. The van der Waals surface area contributed by atoms with Gasteiger partial charge in [0.2, 0.25) is 10.0 Å². The van der Waals surface area contributed by atoms with Crippen molar-refractivity contribution in [1.82, 2.24) is 4.72 Å². The van der Waals surface area contributed by atoms with Gasteiger partial charge in [0, 0.05) is 13.7 Å². The van der Waals surface area contributed by atoms with Crippen LogP contribution in [0.5, 0.6) is 0 Å². The molecule has 1 saturated carbocycles. The fraction of sp³-hybridized carbons (Fsp3) is 1.00. The summed E-state index contributed by atoms with van der Waals surface area (Å²) in [6.45, 7) is 0.522. The van der Waals surface area contributed by atoms with Gasteiger partial charge in [-0.1, -0.05) is 19.3 Å². The van der Waals surface area contributed by atoms with Gasteiger partial charge in [-0.2, -0.15) is 0 Å². The lowest BCUT2D eigenvalue weighted by Gasteiger charge is -2.22. The van der Waals surface area contributed by atoms with Crippen molar-refractivity contribution in [2.24, 2.45) is 0 Å². The highest BCUT2D eigenvalue weighted by molar-refractivity contribution is 7.90. The predicted octanol–water partition coefficient (Wildman–Crippen LogP) is 0.636. The Morgan fingerprint density at radius 2 is 2.00 bits per heavy atom. The average Bonchev–Trinajstić information content (AvgIpc) is 2.30. The second kappa shape index (κ2) is 7.31. The van der Waals surface area contributed by atoms with Crippen LogP contribution in [0.2, 0.25) is 0 Å². The topological polar surface area (TPSA) is 75.6 Å². The van der Waals surface area contributed by atoms with Crippen molar-refractivity contribution in [1.29, 1.82) is 0 Å². The standard InChI is InChI=1S/C11H23NO4S/c1-16-9-10(13)7-8-12-17(14,15)11-5-3-2-4-6-11/h10-13H,2-9H2,1H3. The van der Waals surface area contributed by atoms with Gasteiger partial charge < -0.3 is 9.84 Å². The number of methoxy groups -OCH3 is 1. The van der Waals surface area contributed by atoms with Crippen LogP contribution in [0.1, 0.15) is 38.5 Å². The molecule has 1 aliphatic rings. The van der Waals surface area contributed by atoms with Crippen molar-refractivity contribution in [2.75, 3.05) is 20.3 Å². The molecule has 0 amide bonds. The van der Waals surface area contributed by atoms with E-state index >= 15 is 0 Å². The molecule has 6 heteroatoms. The van der Waals surface area contributed by atoms with E-state index in [1.807, 2.05) is 0 Å². The van der Waals surface area contributed by atoms with Crippen LogP contribution in [0.4, 0.5) is 0 Å². The van der Waals surface area contributed by atoms with Gasteiger partial charge in [-0.3, -0.25) is 0 Å². The molecule has 0 saturated heterocycles. The Kier molecular flexibility index (Phi) is 6.40. The highest BCUT2D eigenvalue weighted by Crippen LogP contribution is 2.22. The first-order chi connectivity index (χ1) is 8.06. The average molecular weight is 265 g/mol. The summed E-state index contributed by atoms with van der Waals surface area (Å²) in [7, 11) is -1.69. The molecule has 1 fully saturated rings. The summed E-state index contributed by atoms with van der Waals surface area (Å²) >= 11 is 0. The first-order valence-corrected chi connectivity index (χ1v) is 7.76. The first-order valence-electron chi connectivity index (χ1n) is 6.21. The molecule has 0 aromatic carbocycles. The molecule has 0 bridgehead atoms. The monoisotopic (exact) mass is 265 g/mol. The minimum absolute atomic E-state index is 0.240. The first kappa shape index (κ1) is 14.9. The van der Waals surface area contributed by atoms with E-state index in [0.29, 0.717) is 6.42 Å². The Morgan fingerprint density at radius 3 is 2.59 bits per heavy atom. The van der Waals surface area contributed by atoms with Crippen LogP contribution in [0.25, 0.3) is 0 Å². The lowest BCUT2D eigenvalue weighted by Crippen LogP contribution is -2.37. The van der Waals surface area contributed by atoms with E-state index in [1.54, 1.807) is 0 Å². The van der Waals surface area contributed by atoms with Crippen LogP contribution in [-0.4, -0.2) is 45.1 Å². The van der Waals surface area contributed by atoms with E-state index in [4.69, 9.17) is 4.74 Å². The Hall–Kier alpha value is -0.170. The van der Waals surface area contributed by atoms with Crippen LogP contribution in [0.15, 0.2) is 0 Å². The SMILES string of the molecule is COCC(O)CCNS(=O)(=O)C1CCCCC1. The minimum Gasteiger partial charge on any atom is -0.391 e. The van der Waals surface area contributed by atoms with Crippen LogP contribution in [0.3, 0.4) is 0 Å². The van der Waals surface area contributed by atoms with E-state index in [9.17, 15) is 13.5 Å². The Morgan fingerprint density at radius 1 is 1.35 bits per heavy atom. The number of ether oxygens (including phenoxy) is 1. The summed E-state index contributed by atoms with van der Waals surface area (Å²) in [4.78, 5) is 0. The Balaban J connectivity index is 2.29. The van der Waals surface area contributed by atoms with E-state index in [2.05, 4.69) is 4.72 Å². The molecule has 1 aliphatic carbocycles. The van der Waals surface area contributed by atoms with Gasteiger partial charge in [0.05, 0.1) is 18.0 Å². The normalized spacial score (nSPS) is 20.4. The van der Waals surface area contributed by atoms with Crippen LogP contribution >= 0.6 is 0 Å². The zero-order valence-electron chi connectivity index (χ0n) is 10.4. The third-order valence-electron chi connectivity index (χ3n) is 3.13. The summed E-state index contributed by atoms with van der Waals surface area (Å²) in [5.41, 5.74) is 0. The fourth-order valence-corrected chi connectivity index (χ4v) is 3.73. The molecule has 1 unspecified atom stereocenters. The number of nitrogens with one attached hydrogen (secondary N) is 1. The van der Waals surface area contributed by atoms with Crippen molar-refractivity contribution in [3.05, 3.63) is 0 Å². The minimum atomic E-state index is -3.20. The maximum atomic E-state index is 11.9. The second-order valence-electron chi connectivity index (χ2n) is 4.60. The van der Waals surface area contributed by atoms with E-state index < -0.39 is 16.1 Å². The largest absolute Gasteiger partial charge is 0.391 e. The number of rotatable bonds is 7. The fourth-order valence-electron chi connectivity index (χ4n) is 2.14. The molecule has 2 N–H and O–H groups in total. The van der Waals surface area contributed by atoms with Gasteiger partial charge in [-0.25, -0.2) is 13.1 Å². The molecule has 0 spiro atoms. The van der Waals surface area contributed by atoms with E-state index in [-0.39, 0.29) is 18.4 Å². The van der Waals surface area contributed by atoms with Crippen molar-refractivity contribution in [3.8, 4) is 0 Å². The zero-order chi connectivity index (χ0) is 12.7. The Bertz CT molecular complexity index is 299. The van der Waals surface area contributed by atoms with Crippen molar-refractivity contribution in [2.45, 2.75) is 49.9 Å². The van der Waals surface area contributed by atoms with Crippen LogP contribution < -0.4 is 4.72 Å². The lowest BCUT2D eigenvalue weighted by atomic mass is 10.0. The summed E-state index contributed by atoms with van der Waals surface area (Å²) < 4.78 is 31.2. The molecule has 0 aromatic heterocycles. The summed E-state index contributed by atoms with van der Waals surface area (Å²) in [6, 6.07) is 0. The van der Waals surface area contributed by atoms with Crippen molar-refractivity contribution in [3.63, 3.8) is 0 Å². The number of hydrogen-bond acceptors (Lipinski definition) is 4. The molecule has 0 radical (unpaired) electrons. The summed E-state index contributed by atoms with van der Waals surface area (Å²) in [5.74, 6) is 0. The summed E-state index contributed by atoms with van der Waals surface area (Å²) in [6.07, 6.45) is 4.44. The quantitative estimate of drug-likeness (QED) is 0.708. The van der Waals surface area contributed by atoms with E-state index in [0.717, 1.165) is 32.1 Å². The highest BCUT2D eigenvalue weighted by atomic mass is 32.2. The molecule has 5 nitrogen and oxygen atoms in total. The highest BCUT2D eigenvalue weighted by Gasteiger charge is 2.26. The number of aliphatic hydroxyl groups is 1. The maximum absolute atomic E-state index is 11.9. The molecule has 17 heavy (non-hydrogen) atoms. The zero-order valence-corrected chi connectivity index (χ0v) is 11.2. The Labute approximate surface area is 104 Å². The maximum Gasteiger partial charge on any atom is 0.214 e. The summed E-state index contributed by atoms with van der Waals surface area (Å²) in [5, 5.41) is 9.16. The van der Waals surface area contributed by atoms with Gasteiger partial charge in [0.25, 0.3) is 0 Å². The molecule has 0 aromatic rings. The smallest absolute Gasteiger partial charge is 0.214 e. The molecule has 1 atom stereocenters. The van der Waals surface area contributed by atoms with Gasteiger partial charge >= 0.3 is 0 Å². The molecule has 1 rings (SSSR count). The predicted molar refractivity (Wildman–Crippen MR) is 66.3 cm³/mol. The van der Waals surface area contributed by atoms with Gasteiger partial charge in [0.15, 0.2) is 0 Å². The number of sulfonamides is 1. The number of aliphatic hydroxyl groups excluding tert-OH is 1. The molecule has 0 heterocycles. The van der Waals surface area contributed by atoms with Gasteiger partial charge in [0.1, 0.15) is 0 Å². The van der Waals surface area contributed by atoms with Gasteiger partial charge in [-0.15, -0.1) is 0 Å². The third kappa shape index (κ3) is 5.33. The number of hydrogen-bond donors (Lipinski definition) is 2. The second-order valence-corrected chi connectivity index (χ2v) is 6.64. The molecule has 102 valence electrons. The van der Waals surface area contributed by atoms with Crippen LogP contribution in [0, 0.1) is 0 Å². The molecular formula is C11H23NO4S. The van der Waals surface area contributed by atoms with Crippen molar-refractivity contribution < 1.29 is 18.3 Å². The van der Waals surface area contributed by atoms with Gasteiger partial charge in [-0.05, 0) is 19.3 Å². The van der Waals surface area contributed by atoms with Crippen LogP contribution in [-0.2, 0) is 14.8 Å². The van der Waals surface area contributed by atoms with E-state index in [1.165, 1.54) is 7.11 Å².